The van der Waals surface area contributed by atoms with Gasteiger partial charge < -0.3 is 5.32 Å². The van der Waals surface area contributed by atoms with Gasteiger partial charge in [-0.05, 0) is 52.3 Å². The predicted octanol–water partition coefficient (Wildman–Crippen LogP) is 4.81. The van der Waals surface area contributed by atoms with E-state index < -0.39 is 10.0 Å². The highest BCUT2D eigenvalue weighted by molar-refractivity contribution is 7.89. The van der Waals surface area contributed by atoms with Crippen molar-refractivity contribution in [2.45, 2.75) is 30.8 Å². The molecular formula is C28H28N2O2S. The van der Waals surface area contributed by atoms with E-state index >= 15 is 0 Å². The summed E-state index contributed by atoms with van der Waals surface area (Å²) in [6, 6.07) is 33.8. The van der Waals surface area contributed by atoms with E-state index in [4.69, 9.17) is 5.14 Å². The van der Waals surface area contributed by atoms with Gasteiger partial charge in [0.1, 0.15) is 0 Å². The molecule has 4 nitrogen and oxygen atoms in total. The first-order chi connectivity index (χ1) is 16.0. The minimum absolute atomic E-state index is 0.198. The van der Waals surface area contributed by atoms with Gasteiger partial charge in [0.25, 0.3) is 0 Å². The second kappa shape index (κ2) is 10.6. The summed E-state index contributed by atoms with van der Waals surface area (Å²) in [5.74, 6) is 0. The molecule has 0 unspecified atom stereocenters. The van der Waals surface area contributed by atoms with Gasteiger partial charge in [0.05, 0.1) is 4.90 Å². The molecule has 0 aromatic heterocycles. The van der Waals surface area contributed by atoms with Crippen molar-refractivity contribution < 1.29 is 8.42 Å². The average molecular weight is 457 g/mol. The summed E-state index contributed by atoms with van der Waals surface area (Å²) in [4.78, 5) is 0.198. The summed E-state index contributed by atoms with van der Waals surface area (Å²) in [5, 5.41) is 9.17. The summed E-state index contributed by atoms with van der Waals surface area (Å²) in [7, 11) is -3.87. The Morgan fingerprint density at radius 3 is 1.58 bits per heavy atom. The Hall–Kier alpha value is -3.25. The minimum atomic E-state index is -3.87. The maximum absolute atomic E-state index is 12.5. The van der Waals surface area contributed by atoms with E-state index in [1.165, 1.54) is 5.56 Å². The molecule has 4 aromatic rings. The Morgan fingerprint density at radius 1 is 0.576 bits per heavy atom. The van der Waals surface area contributed by atoms with Crippen LogP contribution in [-0.2, 0) is 36.0 Å². The van der Waals surface area contributed by atoms with Crippen LogP contribution in [0.15, 0.2) is 108 Å². The number of hydrogen-bond donors (Lipinski definition) is 2. The highest BCUT2D eigenvalue weighted by Crippen LogP contribution is 2.28. The van der Waals surface area contributed by atoms with Crippen molar-refractivity contribution >= 4 is 10.0 Å². The molecule has 0 atom stereocenters. The first-order valence-corrected chi connectivity index (χ1v) is 12.5. The molecule has 5 heteroatoms. The number of nitrogens with one attached hydrogen (secondary N) is 1. The first kappa shape index (κ1) is 22.9. The largest absolute Gasteiger partial charge is 0.309 e. The van der Waals surface area contributed by atoms with Crippen LogP contribution in [0.1, 0.15) is 33.4 Å². The Kier molecular flexibility index (Phi) is 7.35. The van der Waals surface area contributed by atoms with Crippen molar-refractivity contribution in [2.24, 2.45) is 5.14 Å². The van der Waals surface area contributed by atoms with Gasteiger partial charge in [0, 0.05) is 13.1 Å². The van der Waals surface area contributed by atoms with E-state index in [-0.39, 0.29) is 4.90 Å². The molecule has 0 saturated carbocycles. The Labute approximate surface area is 196 Å². The van der Waals surface area contributed by atoms with E-state index in [1.807, 2.05) is 72.8 Å². The molecule has 0 aliphatic carbocycles. The Morgan fingerprint density at radius 2 is 1.06 bits per heavy atom. The molecule has 0 spiro atoms. The molecule has 0 aliphatic heterocycles. The predicted molar refractivity (Wildman–Crippen MR) is 133 cm³/mol. The highest BCUT2D eigenvalue weighted by atomic mass is 32.2. The molecule has 0 amide bonds. The number of primary sulfonamides is 1. The van der Waals surface area contributed by atoms with E-state index in [2.05, 4.69) is 29.6 Å². The van der Waals surface area contributed by atoms with Crippen LogP contribution in [0.3, 0.4) is 0 Å². The molecule has 0 bridgehead atoms. The third-order valence-electron chi connectivity index (χ3n) is 5.73. The van der Waals surface area contributed by atoms with E-state index in [0.717, 1.165) is 34.4 Å². The zero-order chi connectivity index (χ0) is 23.1. The van der Waals surface area contributed by atoms with Crippen LogP contribution in [0, 0.1) is 0 Å². The maximum atomic E-state index is 12.5. The van der Waals surface area contributed by atoms with Gasteiger partial charge in [0.2, 0.25) is 10.0 Å². The van der Waals surface area contributed by atoms with E-state index in [1.54, 1.807) is 6.07 Å². The number of hydrogen-bond acceptors (Lipinski definition) is 3. The third-order valence-corrected chi connectivity index (χ3v) is 6.72. The standard InChI is InChI=1S/C28H28N2O2S/c29-33(31,32)28-17-16-25(21-30-20-24-14-8-3-9-15-24)26(18-22-10-4-1-5-11-22)27(28)19-23-12-6-2-7-13-23/h1-17,30H,18-21H2,(H2,29,31,32). The lowest BCUT2D eigenvalue weighted by molar-refractivity contribution is 0.596. The molecule has 168 valence electrons. The van der Waals surface area contributed by atoms with Crippen molar-refractivity contribution in [3.8, 4) is 0 Å². The fraction of sp³-hybridized carbons (Fsp3) is 0.143. The fourth-order valence-corrected chi connectivity index (χ4v) is 4.90. The monoisotopic (exact) mass is 456 g/mol. The molecule has 0 heterocycles. The first-order valence-electron chi connectivity index (χ1n) is 11.0. The molecule has 0 radical (unpaired) electrons. The quantitative estimate of drug-likeness (QED) is 0.380. The molecule has 0 fully saturated rings. The van der Waals surface area contributed by atoms with Gasteiger partial charge in [-0.15, -0.1) is 0 Å². The summed E-state index contributed by atoms with van der Waals surface area (Å²) in [6.45, 7) is 1.36. The van der Waals surface area contributed by atoms with Crippen molar-refractivity contribution in [1.29, 1.82) is 0 Å². The summed E-state index contributed by atoms with van der Waals surface area (Å²) in [6.07, 6.45) is 1.13. The summed E-state index contributed by atoms with van der Waals surface area (Å²) >= 11 is 0. The van der Waals surface area contributed by atoms with Gasteiger partial charge in [-0.2, -0.15) is 0 Å². The lowest BCUT2D eigenvalue weighted by Gasteiger charge is -2.19. The molecule has 3 N–H and O–H groups in total. The van der Waals surface area contributed by atoms with Crippen molar-refractivity contribution in [3.63, 3.8) is 0 Å². The molecule has 4 rings (SSSR count). The lowest BCUT2D eigenvalue weighted by Crippen LogP contribution is -2.19. The van der Waals surface area contributed by atoms with Crippen LogP contribution >= 0.6 is 0 Å². The lowest BCUT2D eigenvalue weighted by atomic mass is 9.91. The van der Waals surface area contributed by atoms with Gasteiger partial charge >= 0.3 is 0 Å². The van der Waals surface area contributed by atoms with E-state index in [0.29, 0.717) is 19.4 Å². The number of nitrogens with two attached hydrogens (primary N) is 1. The fourth-order valence-electron chi connectivity index (χ4n) is 4.10. The van der Waals surface area contributed by atoms with Crippen LogP contribution in [0.25, 0.3) is 0 Å². The molecule has 0 aliphatic rings. The second-order valence-corrected chi connectivity index (χ2v) is 9.67. The highest BCUT2D eigenvalue weighted by Gasteiger charge is 2.20. The number of benzene rings is 4. The van der Waals surface area contributed by atoms with E-state index in [9.17, 15) is 8.42 Å². The van der Waals surface area contributed by atoms with Crippen LogP contribution in [0.4, 0.5) is 0 Å². The van der Waals surface area contributed by atoms with Crippen molar-refractivity contribution in [1.82, 2.24) is 5.32 Å². The maximum Gasteiger partial charge on any atom is 0.238 e. The third kappa shape index (κ3) is 6.17. The zero-order valence-electron chi connectivity index (χ0n) is 18.4. The smallest absolute Gasteiger partial charge is 0.238 e. The normalized spacial score (nSPS) is 11.4. The SMILES string of the molecule is NS(=O)(=O)c1ccc(CNCc2ccccc2)c(Cc2ccccc2)c1Cc1ccccc1. The van der Waals surface area contributed by atoms with Gasteiger partial charge in [0.15, 0.2) is 0 Å². The topological polar surface area (TPSA) is 72.2 Å². The zero-order valence-corrected chi connectivity index (χ0v) is 19.3. The molecule has 33 heavy (non-hydrogen) atoms. The van der Waals surface area contributed by atoms with Crippen molar-refractivity contribution in [2.75, 3.05) is 0 Å². The van der Waals surface area contributed by atoms with Crippen LogP contribution in [0.5, 0.6) is 0 Å². The number of sulfonamides is 1. The van der Waals surface area contributed by atoms with Crippen molar-refractivity contribution in [3.05, 3.63) is 137 Å². The molecular weight excluding hydrogens is 428 g/mol. The minimum Gasteiger partial charge on any atom is -0.309 e. The molecule has 4 aromatic carbocycles. The Balaban J connectivity index is 1.75. The van der Waals surface area contributed by atoms with Crippen LogP contribution in [0.2, 0.25) is 0 Å². The second-order valence-electron chi connectivity index (χ2n) is 8.14. The van der Waals surface area contributed by atoms with Gasteiger partial charge in [-0.25, -0.2) is 13.6 Å². The molecule has 0 saturated heterocycles. The van der Waals surface area contributed by atoms with Crippen LogP contribution < -0.4 is 10.5 Å². The number of rotatable bonds is 9. The summed E-state index contributed by atoms with van der Waals surface area (Å²) in [5.41, 5.74) is 6.23. The van der Waals surface area contributed by atoms with Crippen LogP contribution in [-0.4, -0.2) is 8.42 Å². The van der Waals surface area contributed by atoms with Gasteiger partial charge in [-0.3, -0.25) is 0 Å². The Bertz CT molecular complexity index is 1290. The van der Waals surface area contributed by atoms with Gasteiger partial charge in [-0.1, -0.05) is 97.1 Å². The summed E-state index contributed by atoms with van der Waals surface area (Å²) < 4.78 is 25.0. The average Bonchev–Trinajstić information content (AvgIpc) is 2.82.